The lowest BCUT2D eigenvalue weighted by Crippen LogP contribution is -2.50. The number of carbonyl (C=O) groups excluding carboxylic acids is 1. The summed E-state index contributed by atoms with van der Waals surface area (Å²) < 4.78 is 5.50. The first-order valence-electron chi connectivity index (χ1n) is 7.04. The maximum Gasteiger partial charge on any atom is 0.237 e. The highest BCUT2D eigenvalue weighted by Gasteiger charge is 2.21. The number of aliphatic hydroxyl groups is 1. The second-order valence-corrected chi connectivity index (χ2v) is 5.17. The van der Waals surface area contributed by atoms with E-state index in [1.165, 1.54) is 5.56 Å². The van der Waals surface area contributed by atoms with E-state index in [0.29, 0.717) is 6.54 Å². The van der Waals surface area contributed by atoms with Crippen LogP contribution in [0.3, 0.4) is 0 Å². The van der Waals surface area contributed by atoms with Gasteiger partial charge in [0, 0.05) is 13.1 Å². The average molecular weight is 278 g/mol. The average Bonchev–Trinajstić information content (AvgIpc) is 2.46. The van der Waals surface area contributed by atoms with Crippen molar-refractivity contribution in [3.63, 3.8) is 0 Å². The second kappa shape index (κ2) is 7.26. The van der Waals surface area contributed by atoms with Gasteiger partial charge in [0.2, 0.25) is 5.91 Å². The van der Waals surface area contributed by atoms with Gasteiger partial charge in [0.05, 0.1) is 6.04 Å². The highest BCUT2D eigenvalue weighted by atomic mass is 16.5. The molecule has 1 aliphatic heterocycles. The minimum absolute atomic E-state index is 0.0166. The van der Waals surface area contributed by atoms with Crippen molar-refractivity contribution >= 4 is 5.91 Å². The van der Waals surface area contributed by atoms with Gasteiger partial charge in [0.15, 0.2) is 0 Å². The van der Waals surface area contributed by atoms with Crippen molar-refractivity contribution in [2.45, 2.75) is 31.9 Å². The molecule has 0 radical (unpaired) electrons. The van der Waals surface area contributed by atoms with Gasteiger partial charge in [-0.25, -0.2) is 0 Å². The van der Waals surface area contributed by atoms with Gasteiger partial charge in [0.25, 0.3) is 0 Å². The maximum absolute atomic E-state index is 11.5. The number of piperidine rings is 1. The van der Waals surface area contributed by atoms with Crippen molar-refractivity contribution in [1.82, 2.24) is 10.6 Å². The van der Waals surface area contributed by atoms with E-state index in [1.54, 1.807) is 0 Å². The Morgan fingerprint density at radius 1 is 1.45 bits per heavy atom. The molecule has 20 heavy (non-hydrogen) atoms. The molecule has 110 valence electrons. The van der Waals surface area contributed by atoms with Crippen LogP contribution in [-0.2, 0) is 4.79 Å². The van der Waals surface area contributed by atoms with Crippen LogP contribution in [0.5, 0.6) is 5.75 Å². The van der Waals surface area contributed by atoms with E-state index in [2.05, 4.69) is 10.6 Å². The third-order valence-corrected chi connectivity index (χ3v) is 3.35. The Bertz CT molecular complexity index is 433. The van der Waals surface area contributed by atoms with Gasteiger partial charge in [-0.1, -0.05) is 17.7 Å². The van der Waals surface area contributed by atoms with E-state index in [0.717, 1.165) is 25.1 Å². The predicted molar refractivity (Wildman–Crippen MR) is 76.7 cm³/mol. The van der Waals surface area contributed by atoms with Crippen molar-refractivity contribution in [2.24, 2.45) is 0 Å². The Balaban J connectivity index is 1.68. The molecule has 0 spiro atoms. The Morgan fingerprint density at radius 2 is 2.20 bits per heavy atom. The van der Waals surface area contributed by atoms with Crippen LogP contribution in [0.25, 0.3) is 0 Å². The van der Waals surface area contributed by atoms with E-state index in [-0.39, 0.29) is 18.6 Å². The summed E-state index contributed by atoms with van der Waals surface area (Å²) in [5.41, 5.74) is 1.17. The standard InChI is InChI=1S/C15H22N2O3/c1-11-4-6-13(7-5-11)20-10-12(18)9-17-14-3-2-8-16-15(14)19/h4-7,12,14,17-18H,2-3,8-10H2,1H3,(H,16,19). The van der Waals surface area contributed by atoms with E-state index in [9.17, 15) is 9.90 Å². The lowest BCUT2D eigenvalue weighted by Gasteiger charge is -2.24. The van der Waals surface area contributed by atoms with Gasteiger partial charge in [-0.05, 0) is 31.9 Å². The molecule has 1 aromatic carbocycles. The quantitative estimate of drug-likeness (QED) is 0.713. The molecule has 1 amide bonds. The normalized spacial score (nSPS) is 20.3. The predicted octanol–water partition coefficient (Wildman–Crippen LogP) is 0.603. The number of carbonyl (C=O) groups is 1. The number of hydrogen-bond donors (Lipinski definition) is 3. The van der Waals surface area contributed by atoms with Crippen LogP contribution in [0, 0.1) is 6.92 Å². The molecule has 1 fully saturated rings. The molecule has 2 rings (SSSR count). The summed E-state index contributed by atoms with van der Waals surface area (Å²) in [6.45, 7) is 3.32. The van der Waals surface area contributed by atoms with E-state index >= 15 is 0 Å². The number of hydrogen-bond acceptors (Lipinski definition) is 4. The molecule has 0 aliphatic carbocycles. The van der Waals surface area contributed by atoms with Crippen LogP contribution in [0.2, 0.25) is 0 Å². The van der Waals surface area contributed by atoms with Gasteiger partial charge < -0.3 is 20.5 Å². The Labute approximate surface area is 119 Å². The summed E-state index contributed by atoms with van der Waals surface area (Å²) in [4.78, 5) is 11.5. The monoisotopic (exact) mass is 278 g/mol. The Morgan fingerprint density at radius 3 is 2.90 bits per heavy atom. The number of ether oxygens (including phenoxy) is 1. The highest BCUT2D eigenvalue weighted by molar-refractivity contribution is 5.82. The third-order valence-electron chi connectivity index (χ3n) is 3.35. The SMILES string of the molecule is Cc1ccc(OCC(O)CNC2CCCNC2=O)cc1. The molecule has 1 aliphatic rings. The lowest BCUT2D eigenvalue weighted by atomic mass is 10.1. The molecule has 1 saturated heterocycles. The summed E-state index contributed by atoms with van der Waals surface area (Å²) in [5, 5.41) is 15.7. The number of amides is 1. The highest BCUT2D eigenvalue weighted by Crippen LogP contribution is 2.11. The first kappa shape index (κ1) is 14.8. The second-order valence-electron chi connectivity index (χ2n) is 5.17. The van der Waals surface area contributed by atoms with E-state index in [4.69, 9.17) is 4.74 Å². The van der Waals surface area contributed by atoms with Gasteiger partial charge >= 0.3 is 0 Å². The van der Waals surface area contributed by atoms with Crippen LogP contribution in [-0.4, -0.2) is 42.9 Å². The molecule has 0 saturated carbocycles. The fourth-order valence-corrected chi connectivity index (χ4v) is 2.13. The molecular formula is C15H22N2O3. The van der Waals surface area contributed by atoms with Crippen LogP contribution in [0.15, 0.2) is 24.3 Å². The Kier molecular flexibility index (Phi) is 5.38. The summed E-state index contributed by atoms with van der Waals surface area (Å²) in [6, 6.07) is 7.49. The largest absolute Gasteiger partial charge is 0.491 e. The third kappa shape index (κ3) is 4.51. The van der Waals surface area contributed by atoms with Gasteiger partial charge in [-0.2, -0.15) is 0 Å². The lowest BCUT2D eigenvalue weighted by molar-refractivity contribution is -0.124. The zero-order chi connectivity index (χ0) is 14.4. The topological polar surface area (TPSA) is 70.6 Å². The molecule has 2 atom stereocenters. The van der Waals surface area contributed by atoms with Crippen molar-refractivity contribution in [1.29, 1.82) is 0 Å². The number of rotatable bonds is 6. The minimum Gasteiger partial charge on any atom is -0.491 e. The molecule has 5 heteroatoms. The first-order chi connectivity index (χ1) is 9.65. The fraction of sp³-hybridized carbons (Fsp3) is 0.533. The first-order valence-corrected chi connectivity index (χ1v) is 7.04. The smallest absolute Gasteiger partial charge is 0.237 e. The minimum atomic E-state index is -0.633. The molecule has 3 N–H and O–H groups in total. The van der Waals surface area contributed by atoms with Crippen LogP contribution < -0.4 is 15.4 Å². The summed E-state index contributed by atoms with van der Waals surface area (Å²) in [5.74, 6) is 0.757. The summed E-state index contributed by atoms with van der Waals surface area (Å²) in [6.07, 6.45) is 1.16. The van der Waals surface area contributed by atoms with Gasteiger partial charge in [-0.15, -0.1) is 0 Å². The van der Waals surface area contributed by atoms with Crippen molar-refractivity contribution in [3.8, 4) is 5.75 Å². The van der Waals surface area contributed by atoms with Gasteiger partial charge in [0.1, 0.15) is 18.5 Å². The molecular weight excluding hydrogens is 256 g/mol. The molecule has 1 heterocycles. The fourth-order valence-electron chi connectivity index (χ4n) is 2.13. The van der Waals surface area contributed by atoms with Crippen molar-refractivity contribution < 1.29 is 14.6 Å². The number of aryl methyl sites for hydroxylation is 1. The number of nitrogens with one attached hydrogen (secondary N) is 2. The van der Waals surface area contributed by atoms with Gasteiger partial charge in [-0.3, -0.25) is 4.79 Å². The van der Waals surface area contributed by atoms with Crippen LogP contribution in [0.4, 0.5) is 0 Å². The number of benzene rings is 1. The van der Waals surface area contributed by atoms with Crippen molar-refractivity contribution in [2.75, 3.05) is 19.7 Å². The zero-order valence-corrected chi connectivity index (χ0v) is 11.8. The van der Waals surface area contributed by atoms with E-state index in [1.807, 2.05) is 31.2 Å². The van der Waals surface area contributed by atoms with Crippen LogP contribution in [0.1, 0.15) is 18.4 Å². The van der Waals surface area contributed by atoms with E-state index < -0.39 is 6.10 Å². The Hall–Kier alpha value is -1.59. The zero-order valence-electron chi connectivity index (χ0n) is 11.8. The molecule has 0 bridgehead atoms. The molecule has 0 aromatic heterocycles. The molecule has 2 unspecified atom stereocenters. The van der Waals surface area contributed by atoms with Crippen molar-refractivity contribution in [3.05, 3.63) is 29.8 Å². The summed E-state index contributed by atoms with van der Waals surface area (Å²) in [7, 11) is 0. The summed E-state index contributed by atoms with van der Waals surface area (Å²) >= 11 is 0. The molecule has 1 aromatic rings. The molecule has 5 nitrogen and oxygen atoms in total. The maximum atomic E-state index is 11.5. The van der Waals surface area contributed by atoms with Crippen LogP contribution >= 0.6 is 0 Å². The number of aliphatic hydroxyl groups excluding tert-OH is 1.